The maximum absolute atomic E-state index is 12.8. The second-order valence-corrected chi connectivity index (χ2v) is 3.99. The van der Waals surface area contributed by atoms with E-state index in [-0.39, 0.29) is 22.8 Å². The van der Waals surface area contributed by atoms with Gasteiger partial charge in [0.2, 0.25) is 5.88 Å². The molecule has 1 aromatic carbocycles. The maximum Gasteiger partial charge on any atom is 0.219 e. The van der Waals surface area contributed by atoms with Crippen molar-refractivity contribution >= 4 is 22.9 Å². The van der Waals surface area contributed by atoms with Crippen molar-refractivity contribution < 1.29 is 9.13 Å². The van der Waals surface area contributed by atoms with Gasteiger partial charge in [-0.1, -0.05) is 6.07 Å². The highest BCUT2D eigenvalue weighted by Gasteiger charge is 2.01. The first-order valence-electron chi connectivity index (χ1n) is 6.03. The van der Waals surface area contributed by atoms with E-state index < -0.39 is 0 Å². The molecule has 0 spiro atoms. The topological polar surface area (TPSA) is 72.5 Å². The summed E-state index contributed by atoms with van der Waals surface area (Å²) in [6, 6.07) is 11.1. The normalized spacial score (nSPS) is 10.7. The fourth-order valence-corrected chi connectivity index (χ4v) is 1.50. The van der Waals surface area contributed by atoms with Gasteiger partial charge in [0.1, 0.15) is 11.6 Å². The average molecular weight is 355 g/mol. The molecule has 0 aliphatic heterocycles. The second kappa shape index (κ2) is 8.21. The van der Waals surface area contributed by atoms with Gasteiger partial charge in [0.15, 0.2) is 5.96 Å². The molecule has 5 nitrogen and oxygen atoms in total. The lowest BCUT2D eigenvalue weighted by molar-refractivity contribution is 0.458. The smallest absolute Gasteiger partial charge is 0.219 e. The van der Waals surface area contributed by atoms with E-state index in [2.05, 4.69) is 15.3 Å². The number of halogens is 2. The monoisotopic (exact) mass is 354 g/mol. The van der Waals surface area contributed by atoms with Gasteiger partial charge < -0.3 is 15.8 Å². The number of rotatable bonds is 4. The predicted octanol–water partition coefficient (Wildman–Crippen LogP) is 2.63. The van der Waals surface area contributed by atoms with Crippen LogP contribution in [0.15, 0.2) is 47.5 Å². The van der Waals surface area contributed by atoms with E-state index in [9.17, 15) is 4.39 Å². The Hall–Kier alpha value is -2.15. The van der Waals surface area contributed by atoms with Crippen LogP contribution < -0.4 is 15.8 Å². The number of nitrogens with zero attached hydrogens (tertiary/aromatic N) is 2. The van der Waals surface area contributed by atoms with Crippen molar-refractivity contribution in [1.82, 2.24) is 10.3 Å². The number of nitrogens with one attached hydrogen (secondary N) is 1. The molecule has 3 N–H and O–H groups in total. The van der Waals surface area contributed by atoms with Crippen LogP contribution in [-0.2, 0) is 6.54 Å². The van der Waals surface area contributed by atoms with E-state index in [1.54, 1.807) is 25.2 Å². The molecule has 0 aliphatic rings. The third-order valence-corrected chi connectivity index (χ3v) is 2.51. The van der Waals surface area contributed by atoms with E-state index >= 15 is 0 Å². The van der Waals surface area contributed by atoms with Crippen molar-refractivity contribution in [1.29, 1.82) is 0 Å². The summed E-state index contributed by atoms with van der Waals surface area (Å²) in [5.41, 5.74) is 6.30. The number of benzene rings is 1. The van der Waals surface area contributed by atoms with E-state index in [0.717, 1.165) is 5.69 Å². The first-order valence-corrected chi connectivity index (χ1v) is 6.03. The molecule has 0 saturated carbocycles. The lowest BCUT2D eigenvalue weighted by Crippen LogP contribution is -2.31. The zero-order valence-electron chi connectivity index (χ0n) is 11.4. The van der Waals surface area contributed by atoms with E-state index in [0.29, 0.717) is 24.1 Å². The molecule has 112 valence electrons. The minimum absolute atomic E-state index is 0. The molecular weight excluding hydrogens is 339 g/mol. The zero-order chi connectivity index (χ0) is 14.4. The van der Waals surface area contributed by atoms with E-state index in [1.807, 2.05) is 12.1 Å². The Balaban J connectivity index is 0.00000220. The van der Waals surface area contributed by atoms with Crippen LogP contribution >= 0.6 is 17.0 Å². The molecular formula is C14H16BrFN4O. The summed E-state index contributed by atoms with van der Waals surface area (Å²) in [7, 11) is 1.60. The Labute approximate surface area is 132 Å². The number of ether oxygens (including phenoxy) is 1. The zero-order valence-corrected chi connectivity index (χ0v) is 13.1. The molecule has 0 saturated heterocycles. The molecule has 21 heavy (non-hydrogen) atoms. The minimum atomic E-state index is -0.308. The molecule has 0 radical (unpaired) electrons. The first-order chi connectivity index (χ1) is 9.67. The maximum atomic E-state index is 12.8. The van der Waals surface area contributed by atoms with Crippen molar-refractivity contribution in [3.05, 3.63) is 54.0 Å². The van der Waals surface area contributed by atoms with Gasteiger partial charge in [0, 0.05) is 13.1 Å². The standard InChI is InChI=1S/C14H15FN4O.BrH/c1-17-14(16)18-9-11-3-2-4-13(19-11)20-12-7-5-10(15)6-8-12;/h2-8H,9H2,1H3,(H3,16,17,18);1H. The summed E-state index contributed by atoms with van der Waals surface area (Å²) in [5.74, 6) is 0.996. The van der Waals surface area contributed by atoms with Crippen LogP contribution in [0, 0.1) is 5.82 Å². The number of hydrogen-bond donors (Lipinski definition) is 2. The second-order valence-electron chi connectivity index (χ2n) is 3.99. The summed E-state index contributed by atoms with van der Waals surface area (Å²) >= 11 is 0. The fourth-order valence-electron chi connectivity index (χ4n) is 1.50. The average Bonchev–Trinajstić information content (AvgIpc) is 2.47. The highest BCUT2D eigenvalue weighted by atomic mass is 79.9. The molecule has 7 heteroatoms. The SMILES string of the molecule is Br.CN=C(N)NCc1cccc(Oc2ccc(F)cc2)n1. The summed E-state index contributed by atoms with van der Waals surface area (Å²) < 4.78 is 18.3. The van der Waals surface area contributed by atoms with Crippen LogP contribution in [-0.4, -0.2) is 18.0 Å². The molecule has 0 aliphatic carbocycles. The summed E-state index contributed by atoms with van der Waals surface area (Å²) in [4.78, 5) is 8.10. The van der Waals surface area contributed by atoms with Crippen LogP contribution in [0.4, 0.5) is 4.39 Å². The fraction of sp³-hybridized carbons (Fsp3) is 0.143. The van der Waals surface area contributed by atoms with Gasteiger partial charge in [-0.05, 0) is 30.3 Å². The highest BCUT2D eigenvalue weighted by molar-refractivity contribution is 8.93. The van der Waals surface area contributed by atoms with Crippen LogP contribution in [0.25, 0.3) is 0 Å². The Bertz CT molecular complexity index is 604. The predicted molar refractivity (Wildman–Crippen MR) is 85.4 cm³/mol. The van der Waals surface area contributed by atoms with Crippen LogP contribution in [0.1, 0.15) is 5.69 Å². The largest absolute Gasteiger partial charge is 0.439 e. The van der Waals surface area contributed by atoms with Crippen molar-refractivity contribution in [3.8, 4) is 11.6 Å². The van der Waals surface area contributed by atoms with E-state index in [4.69, 9.17) is 10.5 Å². The minimum Gasteiger partial charge on any atom is -0.439 e. The molecule has 1 aromatic heterocycles. The Morgan fingerprint density at radius 1 is 1.29 bits per heavy atom. The van der Waals surface area contributed by atoms with Gasteiger partial charge in [-0.2, -0.15) is 0 Å². The molecule has 1 heterocycles. The summed E-state index contributed by atoms with van der Waals surface area (Å²) in [6.07, 6.45) is 0. The van der Waals surface area contributed by atoms with Gasteiger partial charge in [0.25, 0.3) is 0 Å². The quantitative estimate of drug-likeness (QED) is 0.653. The van der Waals surface area contributed by atoms with Gasteiger partial charge in [0.05, 0.1) is 12.2 Å². The van der Waals surface area contributed by atoms with E-state index in [1.165, 1.54) is 12.1 Å². The van der Waals surface area contributed by atoms with Crippen LogP contribution in [0.3, 0.4) is 0 Å². The Kier molecular flexibility index (Phi) is 6.61. The number of hydrogen-bond acceptors (Lipinski definition) is 3. The lowest BCUT2D eigenvalue weighted by atomic mass is 10.3. The molecule has 2 aromatic rings. The van der Waals surface area contributed by atoms with Crippen LogP contribution in [0.5, 0.6) is 11.6 Å². The molecule has 0 atom stereocenters. The summed E-state index contributed by atoms with van der Waals surface area (Å²) in [6.45, 7) is 0.448. The number of aliphatic imine (C=N–C) groups is 1. The van der Waals surface area contributed by atoms with Gasteiger partial charge >= 0.3 is 0 Å². The Morgan fingerprint density at radius 3 is 2.67 bits per heavy atom. The third kappa shape index (κ3) is 5.39. The lowest BCUT2D eigenvalue weighted by Gasteiger charge is -2.07. The Morgan fingerprint density at radius 2 is 2.00 bits per heavy atom. The van der Waals surface area contributed by atoms with Crippen molar-refractivity contribution in [3.63, 3.8) is 0 Å². The molecule has 0 unspecified atom stereocenters. The number of pyridine rings is 1. The van der Waals surface area contributed by atoms with Gasteiger partial charge in [-0.25, -0.2) is 9.37 Å². The van der Waals surface area contributed by atoms with Gasteiger partial charge in [-0.3, -0.25) is 4.99 Å². The highest BCUT2D eigenvalue weighted by Crippen LogP contribution is 2.19. The molecule has 0 amide bonds. The third-order valence-electron chi connectivity index (χ3n) is 2.51. The number of aromatic nitrogens is 1. The number of guanidine groups is 1. The molecule has 0 bridgehead atoms. The molecule has 0 fully saturated rings. The van der Waals surface area contributed by atoms with Crippen molar-refractivity contribution in [2.45, 2.75) is 6.54 Å². The van der Waals surface area contributed by atoms with Crippen LogP contribution in [0.2, 0.25) is 0 Å². The summed E-state index contributed by atoms with van der Waals surface area (Å²) in [5, 5.41) is 2.91. The molecule has 2 rings (SSSR count). The van der Waals surface area contributed by atoms with Gasteiger partial charge in [-0.15, -0.1) is 17.0 Å². The van der Waals surface area contributed by atoms with Crippen molar-refractivity contribution in [2.24, 2.45) is 10.7 Å². The van der Waals surface area contributed by atoms with Crippen molar-refractivity contribution in [2.75, 3.05) is 7.05 Å². The number of nitrogens with two attached hydrogens (primary N) is 1. The first kappa shape index (κ1) is 16.9.